The third-order valence-electron chi connectivity index (χ3n) is 5.10. The summed E-state index contributed by atoms with van der Waals surface area (Å²) in [7, 11) is -3.96. The Morgan fingerprint density at radius 1 is 0.941 bits per heavy atom. The summed E-state index contributed by atoms with van der Waals surface area (Å²) in [6, 6.07) is 26.3. The smallest absolute Gasteiger partial charge is 0.267 e. The van der Waals surface area contributed by atoms with Crippen molar-refractivity contribution in [1.29, 1.82) is 0 Å². The van der Waals surface area contributed by atoms with Crippen molar-refractivity contribution in [1.82, 2.24) is 5.43 Å². The minimum absolute atomic E-state index is 0.0693. The summed E-state index contributed by atoms with van der Waals surface area (Å²) in [5.41, 5.74) is 4.74. The van der Waals surface area contributed by atoms with Gasteiger partial charge >= 0.3 is 0 Å². The number of amides is 1. The number of carbonyl (C=O) groups excluding carboxylic acids is 1. The molecular formula is C26H23N3O3S2. The fraction of sp³-hybridized carbons (Fsp3) is 0.0769. The maximum atomic E-state index is 13.8. The molecule has 0 radical (unpaired) electrons. The number of nitrogens with one attached hydrogen (secondary N) is 1. The van der Waals surface area contributed by atoms with Gasteiger partial charge in [-0.2, -0.15) is 5.10 Å². The first kappa shape index (κ1) is 23.4. The number of hydrazone groups is 1. The van der Waals surface area contributed by atoms with E-state index in [2.05, 4.69) is 10.5 Å². The lowest BCUT2D eigenvalue weighted by Crippen LogP contribution is -2.33. The van der Waals surface area contributed by atoms with Crippen LogP contribution in [0.15, 0.2) is 106 Å². The number of sulfonamides is 1. The zero-order valence-corrected chi connectivity index (χ0v) is 20.1. The van der Waals surface area contributed by atoms with E-state index in [0.29, 0.717) is 0 Å². The highest BCUT2D eigenvalue weighted by Crippen LogP contribution is 2.29. The molecule has 0 saturated carbocycles. The summed E-state index contributed by atoms with van der Waals surface area (Å²) < 4.78 is 28.8. The monoisotopic (exact) mass is 489 g/mol. The van der Waals surface area contributed by atoms with Gasteiger partial charge in [0.2, 0.25) is 0 Å². The molecule has 172 valence electrons. The predicted molar refractivity (Wildman–Crippen MR) is 137 cm³/mol. The summed E-state index contributed by atoms with van der Waals surface area (Å²) in [4.78, 5) is 14.1. The average Bonchev–Trinajstić information content (AvgIpc) is 3.37. The van der Waals surface area contributed by atoms with Crippen LogP contribution in [0.4, 0.5) is 5.69 Å². The van der Waals surface area contributed by atoms with Crippen LogP contribution in [-0.4, -0.2) is 20.5 Å². The van der Waals surface area contributed by atoms with Crippen molar-refractivity contribution in [2.45, 2.75) is 18.4 Å². The van der Waals surface area contributed by atoms with Crippen LogP contribution >= 0.6 is 11.3 Å². The van der Waals surface area contributed by atoms with Crippen molar-refractivity contribution >= 4 is 39.2 Å². The van der Waals surface area contributed by atoms with Gasteiger partial charge in [-0.05, 0) is 48.2 Å². The van der Waals surface area contributed by atoms with Crippen LogP contribution < -0.4 is 9.73 Å². The number of anilines is 1. The van der Waals surface area contributed by atoms with Crippen LogP contribution in [0.5, 0.6) is 0 Å². The number of para-hydroxylation sites is 1. The Labute approximate surface area is 203 Å². The fourth-order valence-corrected chi connectivity index (χ4v) is 5.41. The molecule has 4 aromatic rings. The Hall–Kier alpha value is -3.75. The molecule has 1 aromatic heterocycles. The number of hydrogen-bond acceptors (Lipinski definition) is 5. The summed E-state index contributed by atoms with van der Waals surface area (Å²) in [6.07, 6.45) is 1.55. The Bertz CT molecular complexity index is 1380. The molecule has 0 saturated heterocycles. The van der Waals surface area contributed by atoms with E-state index in [1.165, 1.54) is 15.6 Å². The highest BCUT2D eigenvalue weighted by molar-refractivity contribution is 7.92. The van der Waals surface area contributed by atoms with Crippen molar-refractivity contribution in [3.8, 4) is 0 Å². The highest BCUT2D eigenvalue weighted by atomic mass is 32.2. The van der Waals surface area contributed by atoms with Crippen molar-refractivity contribution < 1.29 is 13.2 Å². The van der Waals surface area contributed by atoms with E-state index < -0.39 is 15.9 Å². The predicted octanol–water partition coefficient (Wildman–Crippen LogP) is 5.22. The summed E-state index contributed by atoms with van der Waals surface area (Å²) in [6.45, 7) is 1.97. The van der Waals surface area contributed by atoms with Crippen LogP contribution in [0, 0.1) is 6.92 Å². The van der Waals surface area contributed by atoms with Gasteiger partial charge in [-0.25, -0.2) is 13.8 Å². The van der Waals surface area contributed by atoms with E-state index in [9.17, 15) is 13.2 Å². The molecule has 0 spiro atoms. The molecule has 0 aliphatic carbocycles. The number of rotatable bonds is 8. The fourth-order valence-electron chi connectivity index (χ4n) is 3.35. The van der Waals surface area contributed by atoms with E-state index in [4.69, 9.17) is 0 Å². The Kier molecular flexibility index (Phi) is 7.20. The molecule has 0 atom stereocenters. The minimum atomic E-state index is -3.96. The summed E-state index contributed by atoms with van der Waals surface area (Å²) >= 11 is 1.49. The van der Waals surface area contributed by atoms with Crippen LogP contribution in [0.2, 0.25) is 0 Å². The number of nitrogens with zero attached hydrogens (tertiary/aromatic N) is 2. The standard InChI is InChI=1S/C26H23N3O3S2/c1-20-13-15-23(16-14-20)34(31,32)29(19-21-8-3-2-4-9-21)25-12-6-5-11-24(25)26(30)28-27-18-22-10-7-17-33-22/h2-18H,19H2,1H3,(H,28,30)/b27-18-. The van der Waals surface area contributed by atoms with Gasteiger partial charge in [0, 0.05) is 4.88 Å². The molecular weight excluding hydrogens is 466 g/mol. The molecule has 0 aliphatic rings. The van der Waals surface area contributed by atoms with E-state index in [-0.39, 0.29) is 22.7 Å². The lowest BCUT2D eigenvalue weighted by molar-refractivity contribution is 0.0956. The van der Waals surface area contributed by atoms with E-state index >= 15 is 0 Å². The van der Waals surface area contributed by atoms with Crippen molar-refractivity contribution in [3.05, 3.63) is 118 Å². The zero-order chi connectivity index (χ0) is 24.0. The lowest BCUT2D eigenvalue weighted by atomic mass is 10.1. The molecule has 1 heterocycles. The Morgan fingerprint density at radius 2 is 1.65 bits per heavy atom. The second-order valence-electron chi connectivity index (χ2n) is 7.54. The molecule has 1 amide bonds. The van der Waals surface area contributed by atoms with Gasteiger partial charge in [0.05, 0.1) is 28.9 Å². The quantitative estimate of drug-likeness (QED) is 0.272. The number of carbonyl (C=O) groups is 1. The zero-order valence-electron chi connectivity index (χ0n) is 18.5. The molecule has 8 heteroatoms. The highest BCUT2D eigenvalue weighted by Gasteiger charge is 2.28. The van der Waals surface area contributed by atoms with Gasteiger partial charge in [-0.3, -0.25) is 9.10 Å². The summed E-state index contributed by atoms with van der Waals surface area (Å²) in [5.74, 6) is -0.499. The van der Waals surface area contributed by atoms with Crippen molar-refractivity contribution in [2.24, 2.45) is 5.10 Å². The van der Waals surface area contributed by atoms with Gasteiger partial charge in [0.25, 0.3) is 15.9 Å². The first-order valence-electron chi connectivity index (χ1n) is 10.5. The van der Waals surface area contributed by atoms with E-state index in [1.807, 2.05) is 54.8 Å². The molecule has 0 bridgehead atoms. The molecule has 6 nitrogen and oxygen atoms in total. The Morgan fingerprint density at radius 3 is 2.35 bits per heavy atom. The van der Waals surface area contributed by atoms with Crippen LogP contribution in [0.1, 0.15) is 26.4 Å². The number of benzene rings is 3. The number of hydrogen-bond donors (Lipinski definition) is 1. The first-order chi connectivity index (χ1) is 16.4. The van der Waals surface area contributed by atoms with Crippen LogP contribution in [0.3, 0.4) is 0 Å². The number of thiophene rings is 1. The third-order valence-corrected chi connectivity index (χ3v) is 7.68. The molecule has 34 heavy (non-hydrogen) atoms. The molecule has 3 aromatic carbocycles. The van der Waals surface area contributed by atoms with Gasteiger partial charge in [0.15, 0.2) is 0 Å². The van der Waals surface area contributed by atoms with Crippen LogP contribution in [-0.2, 0) is 16.6 Å². The molecule has 0 aliphatic heterocycles. The second-order valence-corrected chi connectivity index (χ2v) is 10.4. The Balaban J connectivity index is 1.73. The largest absolute Gasteiger partial charge is 0.273 e. The SMILES string of the molecule is Cc1ccc(S(=O)(=O)N(Cc2ccccc2)c2ccccc2C(=O)N/N=C\c2cccs2)cc1. The maximum absolute atomic E-state index is 13.8. The average molecular weight is 490 g/mol. The molecule has 1 N–H and O–H groups in total. The lowest BCUT2D eigenvalue weighted by Gasteiger charge is -2.26. The second kappa shape index (κ2) is 10.5. The first-order valence-corrected chi connectivity index (χ1v) is 12.9. The number of aryl methyl sites for hydroxylation is 1. The molecule has 0 unspecified atom stereocenters. The third kappa shape index (κ3) is 5.41. The normalized spacial score (nSPS) is 11.4. The van der Waals surface area contributed by atoms with Gasteiger partial charge in [-0.1, -0.05) is 66.2 Å². The molecule has 0 fully saturated rings. The van der Waals surface area contributed by atoms with Gasteiger partial charge in [-0.15, -0.1) is 11.3 Å². The maximum Gasteiger partial charge on any atom is 0.273 e. The van der Waals surface area contributed by atoms with Crippen LogP contribution in [0.25, 0.3) is 0 Å². The van der Waals surface area contributed by atoms with E-state index in [1.54, 1.807) is 54.7 Å². The molecule has 4 rings (SSSR count). The van der Waals surface area contributed by atoms with Crippen molar-refractivity contribution in [3.63, 3.8) is 0 Å². The van der Waals surface area contributed by atoms with Gasteiger partial charge in [0.1, 0.15) is 0 Å². The topological polar surface area (TPSA) is 78.8 Å². The van der Waals surface area contributed by atoms with Gasteiger partial charge < -0.3 is 0 Å². The summed E-state index contributed by atoms with van der Waals surface area (Å²) in [5, 5.41) is 5.94. The van der Waals surface area contributed by atoms with Crippen molar-refractivity contribution in [2.75, 3.05) is 4.31 Å². The van der Waals surface area contributed by atoms with E-state index in [0.717, 1.165) is 16.0 Å². The minimum Gasteiger partial charge on any atom is -0.267 e.